The predicted octanol–water partition coefficient (Wildman–Crippen LogP) is 3.34. The van der Waals surface area contributed by atoms with Crippen LogP contribution in [0.15, 0.2) is 24.3 Å². The summed E-state index contributed by atoms with van der Waals surface area (Å²) in [6.45, 7) is 3.85. The van der Waals surface area contributed by atoms with Crippen LogP contribution in [0.1, 0.15) is 37.7 Å². The first kappa shape index (κ1) is 17.1. The van der Waals surface area contributed by atoms with Gasteiger partial charge in [0.25, 0.3) is 5.91 Å². The van der Waals surface area contributed by atoms with Gasteiger partial charge in [-0.3, -0.25) is 4.79 Å². The molecule has 0 aliphatic rings. The number of ether oxygens (including phenoxy) is 1. The van der Waals surface area contributed by atoms with E-state index in [-0.39, 0.29) is 5.91 Å². The smallest absolute Gasteiger partial charge is 0.339 e. The van der Waals surface area contributed by atoms with Crippen molar-refractivity contribution < 1.29 is 14.3 Å². The minimum Gasteiger partial charge on any atom is -0.465 e. The molecule has 5 nitrogen and oxygen atoms in total. The summed E-state index contributed by atoms with van der Waals surface area (Å²) in [6, 6.07) is 7.38. The van der Waals surface area contributed by atoms with Gasteiger partial charge in [-0.05, 0) is 31.0 Å². The Morgan fingerprint density at radius 1 is 1.26 bits per heavy atom. The number of hydrogen-bond donors (Lipinski definition) is 1. The Morgan fingerprint density at radius 2 is 1.91 bits per heavy atom. The number of aryl methyl sites for hydroxylation is 1. The first-order valence-electron chi connectivity index (χ1n) is 7.13. The molecule has 0 saturated heterocycles. The lowest BCUT2D eigenvalue weighted by Crippen LogP contribution is -2.27. The third-order valence-electron chi connectivity index (χ3n) is 3.75. The zero-order valence-corrected chi connectivity index (χ0v) is 14.3. The van der Waals surface area contributed by atoms with Crippen molar-refractivity contribution in [1.29, 1.82) is 0 Å². The van der Waals surface area contributed by atoms with E-state index in [0.717, 1.165) is 5.56 Å². The fourth-order valence-corrected chi connectivity index (χ4v) is 2.71. The molecule has 0 unspecified atom stereocenters. The number of carbonyl (C=O) groups excluding carboxylic acids is 2. The molecular formula is C17H19ClN2O3. The summed E-state index contributed by atoms with van der Waals surface area (Å²) in [7, 11) is 3.01. The summed E-state index contributed by atoms with van der Waals surface area (Å²) in [5.41, 5.74) is 2.85. The fourth-order valence-electron chi connectivity index (χ4n) is 2.52. The Morgan fingerprint density at radius 3 is 2.52 bits per heavy atom. The van der Waals surface area contributed by atoms with Gasteiger partial charge in [0.2, 0.25) is 0 Å². The maximum atomic E-state index is 12.7. The van der Waals surface area contributed by atoms with Crippen molar-refractivity contribution in [2.45, 2.75) is 20.4 Å². The standard InChI is InChI=1S/C17H19ClN2O3/c1-10-14(17(22)23-4)11(2)19-15(10)16(21)20(3)9-12-7-5-6-8-13(12)18/h5-8,19H,9H2,1-4H3. The van der Waals surface area contributed by atoms with Gasteiger partial charge >= 0.3 is 5.97 Å². The zero-order chi connectivity index (χ0) is 17.1. The fraction of sp³-hybridized carbons (Fsp3) is 0.294. The van der Waals surface area contributed by atoms with Crippen LogP contribution in [0.2, 0.25) is 5.02 Å². The topological polar surface area (TPSA) is 62.4 Å². The van der Waals surface area contributed by atoms with E-state index in [0.29, 0.717) is 34.1 Å². The Labute approximate surface area is 140 Å². The molecule has 0 radical (unpaired) electrons. The molecule has 122 valence electrons. The number of aromatic nitrogens is 1. The number of rotatable bonds is 4. The normalized spacial score (nSPS) is 10.5. The van der Waals surface area contributed by atoms with Gasteiger partial charge in [0, 0.05) is 24.3 Å². The molecule has 23 heavy (non-hydrogen) atoms. The molecule has 0 aliphatic heterocycles. The highest BCUT2D eigenvalue weighted by Gasteiger charge is 2.24. The number of halogens is 1. The van der Waals surface area contributed by atoms with Gasteiger partial charge in [0.15, 0.2) is 0 Å². The van der Waals surface area contributed by atoms with Crippen molar-refractivity contribution in [3.63, 3.8) is 0 Å². The summed E-state index contributed by atoms with van der Waals surface area (Å²) in [6.07, 6.45) is 0. The first-order valence-corrected chi connectivity index (χ1v) is 7.51. The second-order valence-corrected chi connectivity index (χ2v) is 5.78. The van der Waals surface area contributed by atoms with Gasteiger partial charge in [-0.2, -0.15) is 0 Å². The van der Waals surface area contributed by atoms with Gasteiger partial charge < -0.3 is 14.6 Å². The number of carbonyl (C=O) groups is 2. The highest BCUT2D eigenvalue weighted by atomic mass is 35.5. The van der Waals surface area contributed by atoms with E-state index >= 15 is 0 Å². The largest absolute Gasteiger partial charge is 0.465 e. The number of nitrogens with zero attached hydrogens (tertiary/aromatic N) is 1. The van der Waals surface area contributed by atoms with Crippen LogP contribution in [-0.4, -0.2) is 35.9 Å². The highest BCUT2D eigenvalue weighted by molar-refractivity contribution is 6.31. The summed E-state index contributed by atoms with van der Waals surface area (Å²) in [5, 5.41) is 0.613. The van der Waals surface area contributed by atoms with E-state index in [2.05, 4.69) is 4.98 Å². The lowest BCUT2D eigenvalue weighted by molar-refractivity contribution is 0.0599. The zero-order valence-electron chi connectivity index (χ0n) is 13.6. The monoisotopic (exact) mass is 334 g/mol. The molecule has 0 aliphatic carbocycles. The van der Waals surface area contributed by atoms with Gasteiger partial charge in [0.1, 0.15) is 5.69 Å². The lowest BCUT2D eigenvalue weighted by atomic mass is 10.1. The van der Waals surface area contributed by atoms with Crippen LogP contribution in [0.3, 0.4) is 0 Å². The Kier molecular flexibility index (Phi) is 5.11. The lowest BCUT2D eigenvalue weighted by Gasteiger charge is -2.18. The number of esters is 1. The molecule has 0 bridgehead atoms. The molecule has 1 aromatic heterocycles. The average molecular weight is 335 g/mol. The molecular weight excluding hydrogens is 316 g/mol. The van der Waals surface area contributed by atoms with Gasteiger partial charge in [-0.1, -0.05) is 29.8 Å². The molecule has 2 aromatic rings. The first-order chi connectivity index (χ1) is 10.9. The molecule has 0 saturated carbocycles. The van der Waals surface area contributed by atoms with Crippen molar-refractivity contribution in [3.8, 4) is 0 Å². The number of amides is 1. The van der Waals surface area contributed by atoms with E-state index in [1.165, 1.54) is 7.11 Å². The Hall–Kier alpha value is -2.27. The van der Waals surface area contributed by atoms with E-state index in [1.807, 2.05) is 18.2 Å². The molecule has 6 heteroatoms. The van der Waals surface area contributed by atoms with Crippen LogP contribution in [0.25, 0.3) is 0 Å². The van der Waals surface area contributed by atoms with E-state index in [1.54, 1.807) is 31.9 Å². The molecule has 0 atom stereocenters. The molecule has 1 aromatic carbocycles. The highest BCUT2D eigenvalue weighted by Crippen LogP contribution is 2.22. The number of nitrogens with one attached hydrogen (secondary N) is 1. The van der Waals surface area contributed by atoms with Crippen LogP contribution in [0.4, 0.5) is 0 Å². The van der Waals surface area contributed by atoms with Crippen LogP contribution in [0.5, 0.6) is 0 Å². The third kappa shape index (κ3) is 3.40. The van der Waals surface area contributed by atoms with Crippen molar-refractivity contribution in [2.24, 2.45) is 0 Å². The van der Waals surface area contributed by atoms with E-state index in [4.69, 9.17) is 16.3 Å². The molecule has 2 rings (SSSR count). The second-order valence-electron chi connectivity index (χ2n) is 5.37. The number of benzene rings is 1. The Balaban J connectivity index is 2.27. The minimum absolute atomic E-state index is 0.208. The van der Waals surface area contributed by atoms with Crippen molar-refractivity contribution in [3.05, 3.63) is 57.4 Å². The third-order valence-corrected chi connectivity index (χ3v) is 4.12. The quantitative estimate of drug-likeness (QED) is 0.872. The van der Waals surface area contributed by atoms with E-state index < -0.39 is 5.97 Å². The maximum Gasteiger partial charge on any atom is 0.339 e. The summed E-state index contributed by atoms with van der Waals surface area (Å²) < 4.78 is 4.76. The number of aromatic amines is 1. The number of hydrogen-bond acceptors (Lipinski definition) is 3. The minimum atomic E-state index is -0.455. The SMILES string of the molecule is COC(=O)c1c(C)[nH]c(C(=O)N(C)Cc2ccccc2Cl)c1C. The van der Waals surface area contributed by atoms with Gasteiger partial charge in [-0.15, -0.1) is 0 Å². The molecule has 1 amide bonds. The van der Waals surface area contributed by atoms with Gasteiger partial charge in [0.05, 0.1) is 12.7 Å². The van der Waals surface area contributed by atoms with Crippen LogP contribution < -0.4 is 0 Å². The van der Waals surface area contributed by atoms with Gasteiger partial charge in [-0.25, -0.2) is 4.79 Å². The van der Waals surface area contributed by atoms with Crippen molar-refractivity contribution >= 4 is 23.5 Å². The molecule has 1 N–H and O–H groups in total. The average Bonchev–Trinajstić information content (AvgIpc) is 2.82. The van der Waals surface area contributed by atoms with Crippen molar-refractivity contribution in [2.75, 3.05) is 14.2 Å². The summed E-state index contributed by atoms with van der Waals surface area (Å²) >= 11 is 6.13. The second kappa shape index (κ2) is 6.87. The summed E-state index contributed by atoms with van der Waals surface area (Å²) in [4.78, 5) is 29.0. The predicted molar refractivity (Wildman–Crippen MR) is 88.9 cm³/mol. The number of H-pyrrole nitrogens is 1. The maximum absolute atomic E-state index is 12.7. The van der Waals surface area contributed by atoms with Crippen LogP contribution in [0, 0.1) is 13.8 Å². The van der Waals surface area contributed by atoms with E-state index in [9.17, 15) is 9.59 Å². The Bertz CT molecular complexity index is 752. The van der Waals surface area contributed by atoms with Crippen molar-refractivity contribution in [1.82, 2.24) is 9.88 Å². The van der Waals surface area contributed by atoms with Crippen LogP contribution >= 0.6 is 11.6 Å². The number of methoxy groups -OCH3 is 1. The molecule has 0 spiro atoms. The molecule has 1 heterocycles. The molecule has 0 fully saturated rings. The van der Waals surface area contributed by atoms with Crippen LogP contribution in [-0.2, 0) is 11.3 Å². The summed E-state index contributed by atoms with van der Waals surface area (Å²) in [5.74, 6) is -0.662.